The molecule has 0 unspecified atom stereocenters. The number of hydrogen-bond donors (Lipinski definition) is 1. The van der Waals surface area contributed by atoms with Gasteiger partial charge >= 0.3 is 0 Å². The van der Waals surface area contributed by atoms with Gasteiger partial charge in [-0.15, -0.1) is 0 Å². The van der Waals surface area contributed by atoms with Crippen molar-refractivity contribution < 1.29 is 9.90 Å². The van der Waals surface area contributed by atoms with Crippen LogP contribution in [-0.2, 0) is 6.54 Å². The molecule has 0 aliphatic carbocycles. The third kappa shape index (κ3) is 3.27. The van der Waals surface area contributed by atoms with E-state index in [0.29, 0.717) is 18.1 Å². The molecule has 1 amide bonds. The standard InChI is InChI=1S/C15H15ClN2O2/c1-2-18(10-12-5-3-4-8-17-12)15(20)13-9-11(16)6-7-14(13)19/h3-9,19H,2,10H2,1H3. The Kier molecular flexibility index (Phi) is 4.58. The number of carbonyl (C=O) groups excluding carboxylic acids is 1. The van der Waals surface area contributed by atoms with Crippen LogP contribution in [0.5, 0.6) is 5.75 Å². The minimum Gasteiger partial charge on any atom is -0.507 e. The number of amides is 1. The highest BCUT2D eigenvalue weighted by Gasteiger charge is 2.18. The molecule has 0 aliphatic heterocycles. The van der Waals surface area contributed by atoms with Crippen LogP contribution in [0.4, 0.5) is 0 Å². The Labute approximate surface area is 122 Å². The first-order valence-corrected chi connectivity index (χ1v) is 6.67. The van der Waals surface area contributed by atoms with Gasteiger partial charge in [0.1, 0.15) is 5.75 Å². The van der Waals surface area contributed by atoms with Gasteiger partial charge in [-0.2, -0.15) is 0 Å². The quantitative estimate of drug-likeness (QED) is 0.941. The van der Waals surface area contributed by atoms with Crippen LogP contribution in [0, 0.1) is 0 Å². The molecular formula is C15H15ClN2O2. The molecule has 0 saturated heterocycles. The number of phenols is 1. The zero-order valence-electron chi connectivity index (χ0n) is 11.1. The van der Waals surface area contributed by atoms with Crippen LogP contribution in [0.2, 0.25) is 5.02 Å². The van der Waals surface area contributed by atoms with Gasteiger partial charge in [-0.3, -0.25) is 9.78 Å². The van der Waals surface area contributed by atoms with Gasteiger partial charge in [0.25, 0.3) is 5.91 Å². The lowest BCUT2D eigenvalue weighted by Crippen LogP contribution is -2.30. The van der Waals surface area contributed by atoms with Gasteiger partial charge < -0.3 is 10.0 Å². The molecule has 0 aliphatic rings. The third-order valence-corrected chi connectivity index (χ3v) is 3.17. The van der Waals surface area contributed by atoms with E-state index in [1.54, 1.807) is 17.2 Å². The number of pyridine rings is 1. The van der Waals surface area contributed by atoms with Gasteiger partial charge in [0, 0.05) is 17.8 Å². The lowest BCUT2D eigenvalue weighted by molar-refractivity contribution is 0.0747. The first kappa shape index (κ1) is 14.3. The maximum atomic E-state index is 12.4. The van der Waals surface area contributed by atoms with Gasteiger partial charge in [0.05, 0.1) is 17.8 Å². The average Bonchev–Trinajstić information content (AvgIpc) is 2.47. The summed E-state index contributed by atoms with van der Waals surface area (Å²) in [7, 11) is 0. The zero-order valence-corrected chi connectivity index (χ0v) is 11.8. The monoisotopic (exact) mass is 290 g/mol. The molecule has 0 atom stereocenters. The van der Waals surface area contributed by atoms with Gasteiger partial charge in [-0.25, -0.2) is 0 Å². The van der Waals surface area contributed by atoms with Gasteiger partial charge in [-0.05, 0) is 37.3 Å². The third-order valence-electron chi connectivity index (χ3n) is 2.94. The number of carbonyl (C=O) groups is 1. The summed E-state index contributed by atoms with van der Waals surface area (Å²) in [5.74, 6) is -0.336. The number of rotatable bonds is 4. The molecule has 20 heavy (non-hydrogen) atoms. The summed E-state index contributed by atoms with van der Waals surface area (Å²) in [6, 6.07) is 9.99. The number of benzene rings is 1. The van der Waals surface area contributed by atoms with Crippen molar-refractivity contribution in [2.24, 2.45) is 0 Å². The Morgan fingerprint density at radius 1 is 1.35 bits per heavy atom. The number of halogens is 1. The van der Waals surface area contributed by atoms with Crippen molar-refractivity contribution in [2.45, 2.75) is 13.5 Å². The highest BCUT2D eigenvalue weighted by Crippen LogP contribution is 2.23. The van der Waals surface area contributed by atoms with Crippen molar-refractivity contribution in [1.29, 1.82) is 0 Å². The predicted octanol–water partition coefficient (Wildman–Crippen LogP) is 3.10. The van der Waals surface area contributed by atoms with Gasteiger partial charge in [0.2, 0.25) is 0 Å². The number of nitrogens with zero attached hydrogens (tertiary/aromatic N) is 2. The molecule has 1 heterocycles. The van der Waals surface area contributed by atoms with E-state index in [9.17, 15) is 9.90 Å². The van der Waals surface area contributed by atoms with Crippen LogP contribution >= 0.6 is 11.6 Å². The van der Waals surface area contributed by atoms with Crippen molar-refractivity contribution in [3.63, 3.8) is 0 Å². The maximum absolute atomic E-state index is 12.4. The largest absolute Gasteiger partial charge is 0.507 e. The SMILES string of the molecule is CCN(Cc1ccccn1)C(=O)c1cc(Cl)ccc1O. The van der Waals surface area contributed by atoms with Crippen molar-refractivity contribution in [1.82, 2.24) is 9.88 Å². The summed E-state index contributed by atoms with van der Waals surface area (Å²) in [6.45, 7) is 2.78. The molecule has 1 N–H and O–H groups in total. The van der Waals surface area contributed by atoms with E-state index >= 15 is 0 Å². The lowest BCUT2D eigenvalue weighted by Gasteiger charge is -2.21. The Balaban J connectivity index is 2.23. The fourth-order valence-corrected chi connectivity index (χ4v) is 2.04. The fourth-order valence-electron chi connectivity index (χ4n) is 1.86. The highest BCUT2D eigenvalue weighted by molar-refractivity contribution is 6.31. The first-order chi connectivity index (χ1) is 9.61. The zero-order chi connectivity index (χ0) is 14.5. The number of aromatic nitrogens is 1. The second-order valence-electron chi connectivity index (χ2n) is 4.30. The summed E-state index contributed by atoms with van der Waals surface area (Å²) >= 11 is 5.87. The van der Waals surface area contributed by atoms with Crippen LogP contribution in [0.3, 0.4) is 0 Å². The summed E-state index contributed by atoms with van der Waals surface area (Å²) in [6.07, 6.45) is 1.69. The Morgan fingerprint density at radius 2 is 2.15 bits per heavy atom. The van der Waals surface area contributed by atoms with E-state index in [1.807, 2.05) is 25.1 Å². The van der Waals surface area contributed by atoms with Crippen LogP contribution in [0.25, 0.3) is 0 Å². The van der Waals surface area contributed by atoms with E-state index in [4.69, 9.17) is 11.6 Å². The van der Waals surface area contributed by atoms with E-state index in [1.165, 1.54) is 12.1 Å². The Bertz CT molecular complexity index is 602. The molecule has 2 aromatic rings. The minimum absolute atomic E-state index is 0.0705. The smallest absolute Gasteiger partial charge is 0.258 e. The van der Waals surface area contributed by atoms with E-state index in [2.05, 4.69) is 4.98 Å². The molecule has 5 heteroatoms. The maximum Gasteiger partial charge on any atom is 0.258 e. The number of phenolic OH excluding ortho intramolecular Hbond substituents is 1. The lowest BCUT2D eigenvalue weighted by atomic mass is 10.1. The van der Waals surface area contributed by atoms with Gasteiger partial charge in [-0.1, -0.05) is 17.7 Å². The molecule has 1 aromatic carbocycles. The molecule has 0 bridgehead atoms. The van der Waals surface area contributed by atoms with E-state index in [-0.39, 0.29) is 17.2 Å². The molecule has 1 aromatic heterocycles. The molecule has 2 rings (SSSR count). The van der Waals surface area contributed by atoms with Crippen molar-refractivity contribution >= 4 is 17.5 Å². The minimum atomic E-state index is -0.266. The van der Waals surface area contributed by atoms with Crippen LogP contribution < -0.4 is 0 Å². The molecule has 0 spiro atoms. The summed E-state index contributed by atoms with van der Waals surface area (Å²) in [4.78, 5) is 18.2. The molecule has 104 valence electrons. The molecule has 0 radical (unpaired) electrons. The van der Waals surface area contributed by atoms with Crippen LogP contribution in [0.15, 0.2) is 42.6 Å². The molecular weight excluding hydrogens is 276 g/mol. The molecule has 0 fully saturated rings. The summed E-state index contributed by atoms with van der Waals surface area (Å²) < 4.78 is 0. The van der Waals surface area contributed by atoms with Crippen molar-refractivity contribution in [3.8, 4) is 5.75 Å². The summed E-state index contributed by atoms with van der Waals surface area (Å²) in [5, 5.41) is 10.2. The highest BCUT2D eigenvalue weighted by atomic mass is 35.5. The van der Waals surface area contributed by atoms with Crippen molar-refractivity contribution in [2.75, 3.05) is 6.54 Å². The second-order valence-corrected chi connectivity index (χ2v) is 4.74. The Morgan fingerprint density at radius 3 is 2.80 bits per heavy atom. The Hall–Kier alpha value is -2.07. The van der Waals surface area contributed by atoms with Gasteiger partial charge in [0.15, 0.2) is 0 Å². The van der Waals surface area contributed by atoms with E-state index < -0.39 is 0 Å². The number of aromatic hydroxyl groups is 1. The number of hydrogen-bond acceptors (Lipinski definition) is 3. The normalized spacial score (nSPS) is 10.3. The van der Waals surface area contributed by atoms with Crippen LogP contribution in [-0.4, -0.2) is 27.4 Å². The first-order valence-electron chi connectivity index (χ1n) is 6.29. The summed E-state index contributed by atoms with van der Waals surface area (Å²) in [5.41, 5.74) is 1.000. The van der Waals surface area contributed by atoms with Crippen molar-refractivity contribution in [3.05, 3.63) is 58.9 Å². The molecule has 4 nitrogen and oxygen atoms in total. The van der Waals surface area contributed by atoms with E-state index in [0.717, 1.165) is 5.69 Å². The second kappa shape index (κ2) is 6.39. The fraction of sp³-hybridized carbons (Fsp3) is 0.200. The topological polar surface area (TPSA) is 53.4 Å². The average molecular weight is 291 g/mol. The predicted molar refractivity (Wildman–Crippen MR) is 77.8 cm³/mol. The molecule has 0 saturated carbocycles. The van der Waals surface area contributed by atoms with Crippen LogP contribution in [0.1, 0.15) is 23.0 Å².